The predicted octanol–water partition coefficient (Wildman–Crippen LogP) is 2.01. The van der Waals surface area contributed by atoms with Crippen LogP contribution in [0.4, 0.5) is 11.4 Å². The molecule has 0 aliphatic heterocycles. The summed E-state index contributed by atoms with van der Waals surface area (Å²) in [6.45, 7) is 0. The van der Waals surface area contributed by atoms with Gasteiger partial charge in [-0.1, -0.05) is 18.2 Å². The molecule has 0 aromatic heterocycles. The van der Waals surface area contributed by atoms with E-state index in [9.17, 15) is 18.0 Å². The van der Waals surface area contributed by atoms with Gasteiger partial charge in [0.1, 0.15) is 0 Å². The Labute approximate surface area is 159 Å². The predicted molar refractivity (Wildman–Crippen MR) is 106 cm³/mol. The molecular formula is C19H23N3O4S. The van der Waals surface area contributed by atoms with Crippen LogP contribution in [0.3, 0.4) is 0 Å². The first kappa shape index (κ1) is 20.4. The van der Waals surface area contributed by atoms with Gasteiger partial charge in [-0.15, -0.1) is 0 Å². The maximum Gasteiger partial charge on any atom is 0.255 e. The number of benzene rings is 2. The van der Waals surface area contributed by atoms with Gasteiger partial charge in [0.05, 0.1) is 11.9 Å². The van der Waals surface area contributed by atoms with Crippen molar-refractivity contribution in [3.05, 3.63) is 59.7 Å². The number of aryl methyl sites for hydroxylation is 1. The second-order valence-corrected chi connectivity index (χ2v) is 8.08. The van der Waals surface area contributed by atoms with Crippen LogP contribution >= 0.6 is 0 Å². The van der Waals surface area contributed by atoms with Crippen LogP contribution in [0, 0.1) is 0 Å². The van der Waals surface area contributed by atoms with Crippen LogP contribution in [0.2, 0.25) is 0 Å². The molecule has 0 saturated heterocycles. The molecule has 27 heavy (non-hydrogen) atoms. The summed E-state index contributed by atoms with van der Waals surface area (Å²) in [4.78, 5) is 24.0. The van der Waals surface area contributed by atoms with Gasteiger partial charge < -0.3 is 10.6 Å². The number of hydrogen-bond donors (Lipinski definition) is 2. The molecule has 0 saturated carbocycles. The molecule has 0 fully saturated rings. The second-order valence-electron chi connectivity index (χ2n) is 6.06. The van der Waals surface area contributed by atoms with Crippen LogP contribution in [0.1, 0.15) is 22.3 Å². The normalized spacial score (nSPS) is 10.9. The Morgan fingerprint density at radius 2 is 1.67 bits per heavy atom. The average molecular weight is 389 g/mol. The molecule has 2 amide bonds. The summed E-state index contributed by atoms with van der Waals surface area (Å²) in [7, 11) is -0.323. The molecular weight excluding hydrogens is 366 g/mol. The Hall–Kier alpha value is -2.87. The molecule has 0 aliphatic carbocycles. The number of anilines is 2. The first-order chi connectivity index (χ1) is 12.7. The number of nitrogens with zero attached hydrogens (tertiary/aromatic N) is 1. The highest BCUT2D eigenvalue weighted by Gasteiger charge is 2.14. The topological polar surface area (TPSA) is 95.6 Å². The zero-order valence-corrected chi connectivity index (χ0v) is 16.3. The average Bonchev–Trinajstić information content (AvgIpc) is 2.65. The number of rotatable bonds is 7. The Morgan fingerprint density at radius 1 is 1.04 bits per heavy atom. The van der Waals surface area contributed by atoms with E-state index in [1.54, 1.807) is 37.4 Å². The van der Waals surface area contributed by atoms with Gasteiger partial charge in [0.2, 0.25) is 15.9 Å². The van der Waals surface area contributed by atoms with Crippen molar-refractivity contribution in [2.24, 2.45) is 0 Å². The fourth-order valence-corrected chi connectivity index (χ4v) is 2.95. The van der Waals surface area contributed by atoms with Crippen molar-refractivity contribution in [2.45, 2.75) is 12.8 Å². The number of carbonyl (C=O) groups is 2. The van der Waals surface area contributed by atoms with E-state index < -0.39 is 10.0 Å². The van der Waals surface area contributed by atoms with E-state index in [-0.39, 0.29) is 11.8 Å². The van der Waals surface area contributed by atoms with Gasteiger partial charge in [0, 0.05) is 31.8 Å². The Bertz CT molecular complexity index is 924. The van der Waals surface area contributed by atoms with Crippen molar-refractivity contribution in [3.63, 3.8) is 0 Å². The number of amides is 2. The zero-order valence-electron chi connectivity index (χ0n) is 15.5. The lowest BCUT2D eigenvalue weighted by atomic mass is 10.1. The van der Waals surface area contributed by atoms with E-state index in [2.05, 4.69) is 10.6 Å². The van der Waals surface area contributed by atoms with Crippen LogP contribution in [-0.2, 0) is 21.2 Å². The third-order valence-electron chi connectivity index (χ3n) is 4.16. The van der Waals surface area contributed by atoms with Crippen LogP contribution < -0.4 is 14.9 Å². The monoisotopic (exact) mass is 389 g/mol. The lowest BCUT2D eigenvalue weighted by Crippen LogP contribution is -2.24. The Kier molecular flexibility index (Phi) is 6.57. The van der Waals surface area contributed by atoms with Crippen LogP contribution in [0.25, 0.3) is 0 Å². The zero-order chi connectivity index (χ0) is 20.0. The van der Waals surface area contributed by atoms with E-state index >= 15 is 0 Å². The smallest absolute Gasteiger partial charge is 0.255 e. The van der Waals surface area contributed by atoms with Crippen molar-refractivity contribution in [2.75, 3.05) is 30.0 Å². The summed E-state index contributed by atoms with van der Waals surface area (Å²) in [6.07, 6.45) is 1.95. The molecule has 144 valence electrons. The third kappa shape index (κ3) is 5.55. The Balaban J connectivity index is 2.12. The Morgan fingerprint density at radius 3 is 2.26 bits per heavy atom. The second kappa shape index (κ2) is 8.68. The molecule has 0 radical (unpaired) electrons. The van der Waals surface area contributed by atoms with Crippen molar-refractivity contribution < 1.29 is 18.0 Å². The highest BCUT2D eigenvalue weighted by atomic mass is 32.2. The summed E-state index contributed by atoms with van der Waals surface area (Å²) >= 11 is 0. The molecule has 2 rings (SSSR count). The SMILES string of the molecule is CNC(=O)CCc1ccccc1NC(=O)c1ccc(N(C)S(C)(=O)=O)cc1. The molecule has 8 heteroatoms. The number of carbonyl (C=O) groups excluding carboxylic acids is 2. The van der Waals surface area contributed by atoms with Gasteiger partial charge in [-0.25, -0.2) is 8.42 Å². The maximum absolute atomic E-state index is 12.5. The van der Waals surface area contributed by atoms with E-state index in [0.717, 1.165) is 16.1 Å². The number of hydrogen-bond acceptors (Lipinski definition) is 4. The highest BCUT2D eigenvalue weighted by molar-refractivity contribution is 7.92. The van der Waals surface area contributed by atoms with E-state index in [4.69, 9.17) is 0 Å². The number of para-hydroxylation sites is 1. The molecule has 0 atom stereocenters. The fraction of sp³-hybridized carbons (Fsp3) is 0.263. The summed E-state index contributed by atoms with van der Waals surface area (Å²) in [5.74, 6) is -0.377. The van der Waals surface area contributed by atoms with Crippen molar-refractivity contribution in [1.82, 2.24) is 5.32 Å². The van der Waals surface area contributed by atoms with E-state index in [1.165, 1.54) is 7.05 Å². The van der Waals surface area contributed by atoms with Crippen LogP contribution in [0.5, 0.6) is 0 Å². The number of nitrogens with one attached hydrogen (secondary N) is 2. The first-order valence-corrected chi connectivity index (χ1v) is 10.2. The first-order valence-electron chi connectivity index (χ1n) is 8.36. The van der Waals surface area contributed by atoms with E-state index in [1.807, 2.05) is 18.2 Å². The van der Waals surface area contributed by atoms with Gasteiger partial charge in [0.25, 0.3) is 5.91 Å². The summed E-state index contributed by atoms with van der Waals surface area (Å²) in [5, 5.41) is 5.42. The van der Waals surface area contributed by atoms with Crippen molar-refractivity contribution >= 4 is 33.2 Å². The minimum Gasteiger partial charge on any atom is -0.359 e. The molecule has 2 N–H and O–H groups in total. The van der Waals surface area contributed by atoms with Crippen molar-refractivity contribution in [3.8, 4) is 0 Å². The molecule has 0 aliphatic rings. The van der Waals surface area contributed by atoms with Gasteiger partial charge >= 0.3 is 0 Å². The van der Waals surface area contributed by atoms with Crippen LogP contribution in [-0.4, -0.2) is 40.6 Å². The molecule has 0 bridgehead atoms. The van der Waals surface area contributed by atoms with E-state index in [0.29, 0.717) is 29.8 Å². The number of sulfonamides is 1. The van der Waals surface area contributed by atoms with Gasteiger partial charge in [0.15, 0.2) is 0 Å². The largest absolute Gasteiger partial charge is 0.359 e. The highest BCUT2D eigenvalue weighted by Crippen LogP contribution is 2.20. The summed E-state index contributed by atoms with van der Waals surface area (Å²) in [5.41, 5.74) is 2.38. The minimum atomic E-state index is -3.36. The minimum absolute atomic E-state index is 0.0679. The quantitative estimate of drug-likeness (QED) is 0.757. The van der Waals surface area contributed by atoms with Gasteiger partial charge in [-0.3, -0.25) is 13.9 Å². The molecule has 2 aromatic carbocycles. The maximum atomic E-state index is 12.5. The lowest BCUT2D eigenvalue weighted by Gasteiger charge is -2.17. The summed E-state index contributed by atoms with van der Waals surface area (Å²) < 4.78 is 24.3. The molecule has 0 unspecified atom stereocenters. The molecule has 2 aromatic rings. The third-order valence-corrected chi connectivity index (χ3v) is 5.36. The van der Waals surface area contributed by atoms with Gasteiger partial charge in [-0.2, -0.15) is 0 Å². The fourth-order valence-electron chi connectivity index (χ4n) is 2.44. The van der Waals surface area contributed by atoms with Gasteiger partial charge in [-0.05, 0) is 42.3 Å². The van der Waals surface area contributed by atoms with Crippen molar-refractivity contribution in [1.29, 1.82) is 0 Å². The standard InChI is InChI=1S/C19H23N3O4S/c1-20-18(23)13-10-14-6-4-5-7-17(14)21-19(24)15-8-11-16(12-9-15)22(2)27(3,25)26/h4-9,11-12H,10,13H2,1-3H3,(H,20,23)(H,21,24). The molecule has 0 spiro atoms. The summed E-state index contributed by atoms with van der Waals surface area (Å²) in [6, 6.07) is 13.6. The lowest BCUT2D eigenvalue weighted by molar-refractivity contribution is -0.120. The molecule has 0 heterocycles. The molecule has 7 nitrogen and oxygen atoms in total. The van der Waals surface area contributed by atoms with Crippen LogP contribution in [0.15, 0.2) is 48.5 Å².